The van der Waals surface area contributed by atoms with Gasteiger partial charge in [0.1, 0.15) is 11.3 Å². The van der Waals surface area contributed by atoms with Crippen molar-refractivity contribution in [1.29, 1.82) is 0 Å². The first-order valence-electron chi connectivity index (χ1n) is 7.58. The van der Waals surface area contributed by atoms with Crippen LogP contribution in [0.3, 0.4) is 0 Å². The van der Waals surface area contributed by atoms with Gasteiger partial charge in [0.25, 0.3) is 0 Å². The maximum Gasteiger partial charge on any atom is 0.412 e. The van der Waals surface area contributed by atoms with Gasteiger partial charge in [-0.25, -0.2) is 9.59 Å². The van der Waals surface area contributed by atoms with Crippen LogP contribution in [0.2, 0.25) is 0 Å². The van der Waals surface area contributed by atoms with Crippen LogP contribution in [0.15, 0.2) is 48.2 Å². The molecular weight excluding hydrogens is 306 g/mol. The number of rotatable bonds is 3. The molecule has 5 heteroatoms. The molecule has 0 aliphatic rings. The van der Waals surface area contributed by atoms with Crippen molar-refractivity contribution < 1.29 is 19.1 Å². The minimum absolute atomic E-state index is 0.0168. The monoisotopic (exact) mass is 327 g/mol. The molecule has 0 fully saturated rings. The van der Waals surface area contributed by atoms with Gasteiger partial charge in [0.05, 0.1) is 7.11 Å². The zero-order valence-electron chi connectivity index (χ0n) is 14.3. The van der Waals surface area contributed by atoms with E-state index < -0.39 is 17.7 Å². The number of carbonyl (C=O) groups is 2. The summed E-state index contributed by atoms with van der Waals surface area (Å²) >= 11 is 0. The summed E-state index contributed by atoms with van der Waals surface area (Å²) in [5.41, 5.74) is 0.151. The Morgan fingerprint density at radius 3 is 2.38 bits per heavy atom. The molecule has 0 radical (unpaired) electrons. The number of benzene rings is 2. The second-order valence-electron chi connectivity index (χ2n) is 6.24. The highest BCUT2D eigenvalue weighted by Gasteiger charge is 2.20. The smallest absolute Gasteiger partial charge is 0.412 e. The molecule has 0 saturated heterocycles. The molecule has 0 heterocycles. The van der Waals surface area contributed by atoms with Gasteiger partial charge in [0.15, 0.2) is 0 Å². The fourth-order valence-electron chi connectivity index (χ4n) is 2.20. The number of methoxy groups -OCH3 is 1. The Morgan fingerprint density at radius 1 is 1.04 bits per heavy atom. The third-order valence-corrected chi connectivity index (χ3v) is 3.16. The molecule has 5 nitrogen and oxygen atoms in total. The van der Waals surface area contributed by atoms with E-state index in [4.69, 9.17) is 9.47 Å². The lowest BCUT2D eigenvalue weighted by Gasteiger charge is -2.20. The highest BCUT2D eigenvalue weighted by molar-refractivity contribution is 6.00. The fourth-order valence-corrected chi connectivity index (χ4v) is 2.20. The van der Waals surface area contributed by atoms with Crippen LogP contribution in [-0.4, -0.2) is 24.8 Å². The highest BCUT2D eigenvalue weighted by atomic mass is 16.6. The van der Waals surface area contributed by atoms with Gasteiger partial charge in [-0.1, -0.05) is 42.5 Å². The summed E-state index contributed by atoms with van der Waals surface area (Å²) in [5.74, 6) is -0.645. The predicted molar refractivity (Wildman–Crippen MR) is 93.3 cm³/mol. The number of nitrogens with one attached hydrogen (secondary N) is 1. The lowest BCUT2D eigenvalue weighted by atomic mass is 10.0. The molecule has 24 heavy (non-hydrogen) atoms. The second-order valence-corrected chi connectivity index (χ2v) is 6.24. The van der Waals surface area contributed by atoms with Crippen LogP contribution in [0.1, 0.15) is 26.3 Å². The van der Waals surface area contributed by atoms with E-state index in [1.807, 2.05) is 42.5 Å². The van der Waals surface area contributed by atoms with Gasteiger partial charge in [-0.3, -0.25) is 5.32 Å². The molecule has 0 bridgehead atoms. The number of hydrogen-bond acceptors (Lipinski definition) is 4. The average molecular weight is 327 g/mol. The molecule has 126 valence electrons. The Labute approximate surface area is 141 Å². The van der Waals surface area contributed by atoms with Crippen molar-refractivity contribution in [2.75, 3.05) is 7.11 Å². The van der Waals surface area contributed by atoms with Crippen molar-refractivity contribution in [2.24, 2.45) is 0 Å². The standard InChI is InChI=1S/C19H21NO4/c1-19(2,3)24-18(22)20-16(17(21)23-4)12-14-10-7-9-13-8-5-6-11-15(13)14/h5-12H,1-4H3,(H,20,22)/b16-12-. The van der Waals surface area contributed by atoms with Crippen molar-refractivity contribution in [3.63, 3.8) is 0 Å². The molecule has 1 amide bonds. The fraction of sp³-hybridized carbons (Fsp3) is 0.263. The summed E-state index contributed by atoms with van der Waals surface area (Å²) in [6.07, 6.45) is 0.873. The molecule has 0 spiro atoms. The van der Waals surface area contributed by atoms with Crippen LogP contribution < -0.4 is 5.32 Å². The summed E-state index contributed by atoms with van der Waals surface area (Å²) < 4.78 is 9.94. The molecule has 0 aliphatic heterocycles. The Bertz CT molecular complexity index is 782. The molecule has 2 aromatic carbocycles. The van der Waals surface area contributed by atoms with Crippen molar-refractivity contribution in [2.45, 2.75) is 26.4 Å². The number of hydrogen-bond donors (Lipinski definition) is 1. The normalized spacial score (nSPS) is 11.9. The van der Waals surface area contributed by atoms with Crippen molar-refractivity contribution in [3.8, 4) is 0 Å². The number of ether oxygens (including phenoxy) is 2. The van der Waals surface area contributed by atoms with Crippen molar-refractivity contribution in [3.05, 3.63) is 53.7 Å². The van der Waals surface area contributed by atoms with Crippen LogP contribution in [0.4, 0.5) is 4.79 Å². The first-order chi connectivity index (χ1) is 11.3. The molecule has 2 aromatic rings. The van der Waals surface area contributed by atoms with Gasteiger partial charge in [0.2, 0.25) is 0 Å². The third-order valence-electron chi connectivity index (χ3n) is 3.16. The largest absolute Gasteiger partial charge is 0.464 e. The number of alkyl carbamates (subject to hydrolysis) is 1. The minimum atomic E-state index is -0.709. The van der Waals surface area contributed by atoms with Crippen LogP contribution in [0, 0.1) is 0 Å². The summed E-state index contributed by atoms with van der Waals surface area (Å²) in [6, 6.07) is 13.5. The van der Waals surface area contributed by atoms with Gasteiger partial charge in [-0.05, 0) is 43.2 Å². The lowest BCUT2D eigenvalue weighted by Crippen LogP contribution is -2.34. The number of amides is 1. The van der Waals surface area contributed by atoms with E-state index in [2.05, 4.69) is 5.32 Å². The molecule has 0 atom stereocenters. The summed E-state index contributed by atoms with van der Waals surface area (Å²) in [6.45, 7) is 5.25. The zero-order chi connectivity index (χ0) is 17.7. The zero-order valence-corrected chi connectivity index (χ0v) is 14.3. The van der Waals surface area contributed by atoms with E-state index in [1.54, 1.807) is 26.8 Å². The first-order valence-corrected chi connectivity index (χ1v) is 7.58. The lowest BCUT2D eigenvalue weighted by molar-refractivity contribution is -0.136. The van der Waals surface area contributed by atoms with E-state index in [1.165, 1.54) is 7.11 Å². The highest BCUT2D eigenvalue weighted by Crippen LogP contribution is 2.21. The van der Waals surface area contributed by atoms with Crippen molar-refractivity contribution in [1.82, 2.24) is 5.32 Å². The summed E-state index contributed by atoms with van der Waals surface area (Å²) in [5, 5.41) is 4.46. The number of fused-ring (bicyclic) bond motifs is 1. The predicted octanol–water partition coefficient (Wildman–Crippen LogP) is 3.88. The number of carbonyl (C=O) groups excluding carboxylic acids is 2. The minimum Gasteiger partial charge on any atom is -0.464 e. The maximum absolute atomic E-state index is 12.0. The van der Waals surface area contributed by atoms with E-state index in [-0.39, 0.29) is 5.70 Å². The van der Waals surface area contributed by atoms with Gasteiger partial charge in [-0.15, -0.1) is 0 Å². The van der Waals surface area contributed by atoms with Gasteiger partial charge >= 0.3 is 12.1 Å². The molecule has 0 aromatic heterocycles. The molecule has 0 saturated carbocycles. The molecular formula is C19H21NO4. The van der Waals surface area contributed by atoms with Crippen LogP contribution >= 0.6 is 0 Å². The van der Waals surface area contributed by atoms with Gasteiger partial charge in [0, 0.05) is 0 Å². The van der Waals surface area contributed by atoms with Crippen LogP contribution in [0.5, 0.6) is 0 Å². The summed E-state index contributed by atoms with van der Waals surface area (Å²) in [7, 11) is 1.26. The Hall–Kier alpha value is -2.82. The summed E-state index contributed by atoms with van der Waals surface area (Å²) in [4.78, 5) is 24.0. The topological polar surface area (TPSA) is 64.6 Å². The number of esters is 1. The average Bonchev–Trinajstić information content (AvgIpc) is 2.52. The second kappa shape index (κ2) is 7.17. The van der Waals surface area contributed by atoms with E-state index in [9.17, 15) is 9.59 Å². The molecule has 0 aliphatic carbocycles. The quantitative estimate of drug-likeness (QED) is 0.686. The Morgan fingerprint density at radius 2 is 1.71 bits per heavy atom. The van der Waals surface area contributed by atoms with Crippen LogP contribution in [0.25, 0.3) is 16.8 Å². The SMILES string of the molecule is COC(=O)/C(=C/c1cccc2ccccc12)NC(=O)OC(C)(C)C. The molecule has 1 N–H and O–H groups in total. The van der Waals surface area contributed by atoms with E-state index in [0.717, 1.165) is 16.3 Å². The molecule has 2 rings (SSSR count). The van der Waals surface area contributed by atoms with Crippen molar-refractivity contribution >= 4 is 28.9 Å². The van der Waals surface area contributed by atoms with E-state index >= 15 is 0 Å². The molecule has 0 unspecified atom stereocenters. The van der Waals surface area contributed by atoms with Gasteiger partial charge in [-0.2, -0.15) is 0 Å². The Kier molecular flexibility index (Phi) is 5.24. The first kappa shape index (κ1) is 17.5. The third kappa shape index (κ3) is 4.59. The van der Waals surface area contributed by atoms with E-state index in [0.29, 0.717) is 0 Å². The maximum atomic E-state index is 12.0. The van der Waals surface area contributed by atoms with Crippen LogP contribution in [-0.2, 0) is 14.3 Å². The Balaban J connectivity index is 2.38. The van der Waals surface area contributed by atoms with Gasteiger partial charge < -0.3 is 9.47 Å².